The van der Waals surface area contributed by atoms with Crippen molar-refractivity contribution in [2.24, 2.45) is 0 Å². The summed E-state index contributed by atoms with van der Waals surface area (Å²) in [6.45, 7) is 4.52. The standard InChI is InChI=1S/C16H21N5O4S2/c1-12-11-13(2)18-16(17-12)19-20-26(22,23)14-5-7-15(8-6-14)27(24,25)21-9-3-4-10-21/h5-8,11,20H,3-4,9-10H2,1-2H3,(H,17,18,19). The van der Waals surface area contributed by atoms with Gasteiger partial charge in [0.1, 0.15) is 0 Å². The molecule has 3 rings (SSSR count). The number of rotatable bonds is 6. The number of benzene rings is 1. The minimum Gasteiger partial charge on any atom is -0.276 e. The van der Waals surface area contributed by atoms with E-state index in [1.54, 1.807) is 19.9 Å². The molecule has 1 saturated heterocycles. The van der Waals surface area contributed by atoms with Gasteiger partial charge in [0.25, 0.3) is 10.0 Å². The van der Waals surface area contributed by atoms with Gasteiger partial charge in [0, 0.05) is 24.5 Å². The van der Waals surface area contributed by atoms with E-state index < -0.39 is 20.0 Å². The summed E-state index contributed by atoms with van der Waals surface area (Å²) in [5.41, 5.74) is 3.86. The molecule has 27 heavy (non-hydrogen) atoms. The second-order valence-electron chi connectivity index (χ2n) is 6.29. The van der Waals surface area contributed by atoms with E-state index in [4.69, 9.17) is 0 Å². The molecule has 1 aliphatic rings. The third-order valence-electron chi connectivity index (χ3n) is 4.12. The van der Waals surface area contributed by atoms with Gasteiger partial charge in [-0.15, -0.1) is 4.83 Å². The smallest absolute Gasteiger partial charge is 0.257 e. The predicted molar refractivity (Wildman–Crippen MR) is 99.9 cm³/mol. The SMILES string of the molecule is Cc1cc(C)nc(NNS(=O)(=O)c2ccc(S(=O)(=O)N3CCCC3)cc2)n1. The number of anilines is 1. The largest absolute Gasteiger partial charge is 0.276 e. The van der Waals surface area contributed by atoms with Crippen LogP contribution in [0, 0.1) is 13.8 Å². The Bertz CT molecular complexity index is 1010. The maximum Gasteiger partial charge on any atom is 0.257 e. The highest BCUT2D eigenvalue weighted by molar-refractivity contribution is 7.89. The van der Waals surface area contributed by atoms with Crippen LogP contribution in [0.15, 0.2) is 40.1 Å². The molecular weight excluding hydrogens is 390 g/mol. The summed E-state index contributed by atoms with van der Waals surface area (Å²) in [6.07, 6.45) is 1.67. The highest BCUT2D eigenvalue weighted by Gasteiger charge is 2.27. The van der Waals surface area contributed by atoms with Crippen LogP contribution in [0.1, 0.15) is 24.2 Å². The molecule has 0 saturated carbocycles. The number of hydrogen-bond donors (Lipinski definition) is 2. The number of hydrogen-bond acceptors (Lipinski definition) is 7. The molecule has 0 bridgehead atoms. The molecule has 2 heterocycles. The van der Waals surface area contributed by atoms with Gasteiger partial charge in [-0.2, -0.15) is 4.31 Å². The second kappa shape index (κ2) is 7.50. The third-order valence-corrected chi connectivity index (χ3v) is 7.29. The summed E-state index contributed by atoms with van der Waals surface area (Å²) in [7, 11) is -7.50. The van der Waals surface area contributed by atoms with Crippen molar-refractivity contribution in [1.82, 2.24) is 19.1 Å². The summed E-state index contributed by atoms with van der Waals surface area (Å²) in [5.74, 6) is 0.129. The Morgan fingerprint density at radius 2 is 1.41 bits per heavy atom. The highest BCUT2D eigenvalue weighted by Crippen LogP contribution is 2.22. The van der Waals surface area contributed by atoms with E-state index in [1.165, 1.54) is 28.6 Å². The zero-order chi connectivity index (χ0) is 19.7. The number of sulfonamides is 2. The lowest BCUT2D eigenvalue weighted by Crippen LogP contribution is -2.31. The van der Waals surface area contributed by atoms with Crippen LogP contribution in [0.25, 0.3) is 0 Å². The number of hydrazine groups is 1. The molecule has 0 aliphatic carbocycles. The lowest BCUT2D eigenvalue weighted by atomic mass is 10.4. The highest BCUT2D eigenvalue weighted by atomic mass is 32.2. The minimum atomic E-state index is -3.91. The molecule has 0 unspecified atom stereocenters. The van der Waals surface area contributed by atoms with E-state index in [-0.39, 0.29) is 15.7 Å². The Balaban J connectivity index is 1.75. The minimum absolute atomic E-state index is 0.0697. The van der Waals surface area contributed by atoms with E-state index in [0.29, 0.717) is 24.5 Å². The van der Waals surface area contributed by atoms with Crippen molar-refractivity contribution in [3.63, 3.8) is 0 Å². The van der Waals surface area contributed by atoms with Gasteiger partial charge in [0.2, 0.25) is 16.0 Å². The van der Waals surface area contributed by atoms with Crippen LogP contribution in [-0.4, -0.2) is 44.2 Å². The van der Waals surface area contributed by atoms with Crippen molar-refractivity contribution in [2.45, 2.75) is 36.5 Å². The maximum absolute atomic E-state index is 12.5. The molecule has 0 spiro atoms. The first kappa shape index (κ1) is 19.7. The van der Waals surface area contributed by atoms with Crippen molar-refractivity contribution in [3.05, 3.63) is 41.7 Å². The molecule has 146 valence electrons. The summed E-state index contributed by atoms with van der Waals surface area (Å²) in [4.78, 5) is 10.4. The van der Waals surface area contributed by atoms with Crippen LogP contribution in [-0.2, 0) is 20.0 Å². The Kier molecular flexibility index (Phi) is 5.47. The molecule has 2 N–H and O–H groups in total. The molecule has 0 radical (unpaired) electrons. The van der Waals surface area contributed by atoms with Crippen LogP contribution in [0.4, 0.5) is 5.95 Å². The predicted octanol–water partition coefficient (Wildman–Crippen LogP) is 1.18. The van der Waals surface area contributed by atoms with Crippen molar-refractivity contribution in [2.75, 3.05) is 18.5 Å². The Hall–Kier alpha value is -2.08. The monoisotopic (exact) mass is 411 g/mol. The van der Waals surface area contributed by atoms with Gasteiger partial charge in [-0.3, -0.25) is 5.43 Å². The van der Waals surface area contributed by atoms with Gasteiger partial charge in [-0.1, -0.05) is 0 Å². The number of aromatic nitrogens is 2. The van der Waals surface area contributed by atoms with Gasteiger partial charge < -0.3 is 0 Å². The molecule has 1 fully saturated rings. The molecular formula is C16H21N5O4S2. The first-order valence-electron chi connectivity index (χ1n) is 8.39. The molecule has 1 aromatic carbocycles. The Morgan fingerprint density at radius 3 is 1.96 bits per heavy atom. The van der Waals surface area contributed by atoms with Gasteiger partial charge in [0.15, 0.2) is 0 Å². The van der Waals surface area contributed by atoms with Crippen molar-refractivity contribution in [3.8, 4) is 0 Å². The normalized spacial score (nSPS) is 15.8. The fraction of sp³-hybridized carbons (Fsp3) is 0.375. The van der Waals surface area contributed by atoms with Crippen molar-refractivity contribution in [1.29, 1.82) is 0 Å². The summed E-state index contributed by atoms with van der Waals surface area (Å²) < 4.78 is 51.2. The number of aryl methyl sites for hydroxylation is 2. The summed E-state index contributed by atoms with van der Waals surface area (Å²) in [5, 5.41) is 0. The molecule has 0 atom stereocenters. The van der Waals surface area contributed by atoms with Gasteiger partial charge in [-0.25, -0.2) is 26.8 Å². The van der Waals surface area contributed by atoms with E-state index >= 15 is 0 Å². The van der Waals surface area contributed by atoms with Crippen molar-refractivity contribution < 1.29 is 16.8 Å². The molecule has 9 nitrogen and oxygen atoms in total. The quantitative estimate of drug-likeness (QED) is 0.685. The number of nitrogens with one attached hydrogen (secondary N) is 2. The van der Waals surface area contributed by atoms with Crippen molar-refractivity contribution >= 4 is 26.0 Å². The summed E-state index contributed by atoms with van der Waals surface area (Å²) in [6, 6.07) is 6.88. The fourth-order valence-electron chi connectivity index (χ4n) is 2.82. The summed E-state index contributed by atoms with van der Waals surface area (Å²) >= 11 is 0. The van der Waals surface area contributed by atoms with Crippen LogP contribution in [0.5, 0.6) is 0 Å². The Labute approximate surface area is 158 Å². The lowest BCUT2D eigenvalue weighted by molar-refractivity contribution is 0.477. The number of nitrogens with zero attached hydrogens (tertiary/aromatic N) is 3. The van der Waals surface area contributed by atoms with Crippen LogP contribution < -0.4 is 10.3 Å². The fourth-order valence-corrected chi connectivity index (χ4v) is 5.18. The molecule has 1 aliphatic heterocycles. The van der Waals surface area contributed by atoms with Gasteiger partial charge >= 0.3 is 0 Å². The van der Waals surface area contributed by atoms with E-state index in [1.807, 2.05) is 0 Å². The Morgan fingerprint density at radius 1 is 0.889 bits per heavy atom. The topological polar surface area (TPSA) is 121 Å². The van der Waals surface area contributed by atoms with Crippen LogP contribution in [0.3, 0.4) is 0 Å². The second-order valence-corrected chi connectivity index (χ2v) is 9.91. The van der Waals surface area contributed by atoms with Gasteiger partial charge in [0.05, 0.1) is 9.79 Å². The first-order valence-corrected chi connectivity index (χ1v) is 11.3. The molecule has 0 amide bonds. The first-order chi connectivity index (χ1) is 12.7. The zero-order valence-electron chi connectivity index (χ0n) is 15.0. The van der Waals surface area contributed by atoms with E-state index in [0.717, 1.165) is 12.8 Å². The van der Waals surface area contributed by atoms with Crippen LogP contribution in [0.2, 0.25) is 0 Å². The van der Waals surface area contributed by atoms with E-state index in [2.05, 4.69) is 20.2 Å². The maximum atomic E-state index is 12.5. The lowest BCUT2D eigenvalue weighted by Gasteiger charge is -2.15. The average Bonchev–Trinajstić information content (AvgIpc) is 3.15. The van der Waals surface area contributed by atoms with Gasteiger partial charge in [-0.05, 0) is 57.0 Å². The average molecular weight is 412 g/mol. The van der Waals surface area contributed by atoms with Crippen LogP contribution >= 0.6 is 0 Å². The third kappa shape index (κ3) is 4.43. The zero-order valence-corrected chi connectivity index (χ0v) is 16.6. The molecule has 1 aromatic heterocycles. The van der Waals surface area contributed by atoms with E-state index in [9.17, 15) is 16.8 Å². The molecule has 11 heteroatoms. The molecule has 2 aromatic rings.